The first-order valence-corrected chi connectivity index (χ1v) is 9.02. The van der Waals surface area contributed by atoms with Gasteiger partial charge in [-0.05, 0) is 37.6 Å². The Labute approximate surface area is 148 Å². The average Bonchev–Trinajstić information content (AvgIpc) is 3.29. The highest BCUT2D eigenvalue weighted by atomic mass is 16.1. The van der Waals surface area contributed by atoms with Gasteiger partial charge in [0.05, 0.1) is 5.56 Å². The Morgan fingerprint density at radius 3 is 2.76 bits per heavy atom. The molecule has 0 atom stereocenters. The Hall–Kier alpha value is -2.55. The van der Waals surface area contributed by atoms with Gasteiger partial charge in [0.1, 0.15) is 0 Å². The number of amides is 1. The van der Waals surface area contributed by atoms with Crippen LogP contribution in [0, 0.1) is 0 Å². The second-order valence-electron chi connectivity index (χ2n) is 6.29. The van der Waals surface area contributed by atoms with Gasteiger partial charge in [-0.3, -0.25) is 4.79 Å². The molecule has 130 valence electrons. The molecule has 25 heavy (non-hydrogen) atoms. The molecule has 0 saturated carbocycles. The molecule has 1 aromatic carbocycles. The lowest BCUT2D eigenvalue weighted by atomic mass is 10.1. The monoisotopic (exact) mass is 335 g/mol. The molecule has 4 nitrogen and oxygen atoms in total. The second kappa shape index (κ2) is 9.07. The Kier molecular flexibility index (Phi) is 6.27. The second-order valence-corrected chi connectivity index (χ2v) is 6.29. The van der Waals surface area contributed by atoms with Crippen molar-refractivity contribution in [3.63, 3.8) is 0 Å². The number of aromatic amines is 1. The smallest absolute Gasteiger partial charge is 0.253 e. The zero-order chi connectivity index (χ0) is 17.3. The summed E-state index contributed by atoms with van der Waals surface area (Å²) in [5, 5.41) is 7.43. The highest BCUT2D eigenvalue weighted by molar-refractivity contribution is 6.06. The van der Waals surface area contributed by atoms with E-state index in [1.54, 1.807) is 6.20 Å². The lowest BCUT2D eigenvalue weighted by molar-refractivity contribution is 0.0954. The van der Waals surface area contributed by atoms with E-state index in [-0.39, 0.29) is 5.91 Å². The SMILES string of the molecule is O=C(NCCCCCCNCC1=C=CC=C1)c1c[nH]c2ccccc12. The number of rotatable bonds is 10. The van der Waals surface area contributed by atoms with Gasteiger partial charge in [0.25, 0.3) is 5.91 Å². The van der Waals surface area contributed by atoms with Gasteiger partial charge in [0.2, 0.25) is 0 Å². The van der Waals surface area contributed by atoms with Gasteiger partial charge >= 0.3 is 0 Å². The predicted octanol–water partition coefficient (Wildman–Crippen LogP) is 3.70. The fourth-order valence-electron chi connectivity index (χ4n) is 2.99. The lowest BCUT2D eigenvalue weighted by Gasteiger charge is -2.06. The number of aromatic nitrogens is 1. The third kappa shape index (κ3) is 4.96. The third-order valence-corrected chi connectivity index (χ3v) is 4.38. The maximum absolute atomic E-state index is 12.3. The van der Waals surface area contributed by atoms with E-state index < -0.39 is 0 Å². The summed E-state index contributed by atoms with van der Waals surface area (Å²) in [5.41, 5.74) is 6.13. The molecule has 0 spiro atoms. The van der Waals surface area contributed by atoms with Gasteiger partial charge in [-0.25, -0.2) is 0 Å². The first kappa shape index (κ1) is 17.3. The van der Waals surface area contributed by atoms with Crippen LogP contribution >= 0.6 is 0 Å². The molecule has 1 aliphatic carbocycles. The number of para-hydroxylation sites is 1. The first-order valence-electron chi connectivity index (χ1n) is 9.02. The van der Waals surface area contributed by atoms with Crippen LogP contribution in [-0.4, -0.2) is 30.5 Å². The zero-order valence-corrected chi connectivity index (χ0v) is 14.5. The largest absolute Gasteiger partial charge is 0.360 e. The summed E-state index contributed by atoms with van der Waals surface area (Å²) in [4.78, 5) is 15.4. The lowest BCUT2D eigenvalue weighted by Crippen LogP contribution is -2.24. The summed E-state index contributed by atoms with van der Waals surface area (Å²) in [6.45, 7) is 2.66. The van der Waals surface area contributed by atoms with Crippen molar-refractivity contribution in [2.45, 2.75) is 25.7 Å². The van der Waals surface area contributed by atoms with Crippen LogP contribution in [0.4, 0.5) is 0 Å². The first-order chi connectivity index (χ1) is 12.3. The fraction of sp³-hybridized carbons (Fsp3) is 0.333. The zero-order valence-electron chi connectivity index (χ0n) is 14.5. The summed E-state index contributed by atoms with van der Waals surface area (Å²) >= 11 is 0. The van der Waals surface area contributed by atoms with Gasteiger partial charge in [-0.15, -0.1) is 5.73 Å². The molecule has 1 amide bonds. The van der Waals surface area contributed by atoms with Crippen LogP contribution in [0.25, 0.3) is 10.9 Å². The minimum Gasteiger partial charge on any atom is -0.360 e. The number of H-pyrrole nitrogens is 1. The van der Waals surface area contributed by atoms with E-state index in [1.807, 2.05) is 36.4 Å². The molecule has 3 N–H and O–H groups in total. The standard InChI is InChI=1S/C21H25N3O/c25-21(19-16-24-20-12-6-5-11-18(19)20)23-14-8-2-1-7-13-22-15-17-9-3-4-10-17/h3-6,9,11-12,16,22,24H,1-2,7-8,13-15H2,(H,23,25). The number of carbonyl (C=O) groups excluding carboxylic acids is 1. The Morgan fingerprint density at radius 1 is 1.08 bits per heavy atom. The van der Waals surface area contributed by atoms with Crippen molar-refractivity contribution >= 4 is 16.8 Å². The average molecular weight is 335 g/mol. The van der Waals surface area contributed by atoms with Gasteiger partial charge in [-0.1, -0.05) is 37.1 Å². The minimum absolute atomic E-state index is 0.00469. The predicted molar refractivity (Wildman–Crippen MR) is 103 cm³/mol. The Morgan fingerprint density at radius 2 is 1.92 bits per heavy atom. The van der Waals surface area contributed by atoms with Crippen LogP contribution in [0.2, 0.25) is 0 Å². The van der Waals surface area contributed by atoms with Gasteiger partial charge in [0, 0.05) is 35.8 Å². The van der Waals surface area contributed by atoms with E-state index in [4.69, 9.17) is 0 Å². The van der Waals surface area contributed by atoms with Crippen LogP contribution in [0.5, 0.6) is 0 Å². The molecular formula is C21H25N3O. The quantitative estimate of drug-likeness (QED) is 0.458. The van der Waals surface area contributed by atoms with E-state index in [1.165, 1.54) is 12.0 Å². The van der Waals surface area contributed by atoms with Crippen LogP contribution < -0.4 is 10.6 Å². The topological polar surface area (TPSA) is 56.9 Å². The van der Waals surface area contributed by atoms with Crippen molar-refractivity contribution < 1.29 is 4.79 Å². The number of hydrogen-bond acceptors (Lipinski definition) is 2. The maximum atomic E-state index is 12.3. The third-order valence-electron chi connectivity index (χ3n) is 4.38. The molecule has 0 unspecified atom stereocenters. The van der Waals surface area contributed by atoms with E-state index >= 15 is 0 Å². The molecule has 1 heterocycles. The molecule has 2 aromatic rings. The molecule has 0 radical (unpaired) electrons. The molecule has 0 saturated heterocycles. The summed E-state index contributed by atoms with van der Waals surface area (Å²) < 4.78 is 0. The van der Waals surface area contributed by atoms with Gasteiger partial charge in [-0.2, -0.15) is 0 Å². The Bertz CT molecular complexity index is 809. The molecule has 4 heteroatoms. The Balaban J connectivity index is 1.25. The van der Waals surface area contributed by atoms with Crippen molar-refractivity contribution in [2.75, 3.05) is 19.6 Å². The number of allylic oxidation sites excluding steroid dienone is 1. The molecule has 0 aliphatic heterocycles. The molecular weight excluding hydrogens is 310 g/mol. The highest BCUT2D eigenvalue weighted by Crippen LogP contribution is 2.17. The van der Waals surface area contributed by atoms with Gasteiger partial charge in [0.15, 0.2) is 0 Å². The van der Waals surface area contributed by atoms with Crippen LogP contribution in [0.15, 0.2) is 60.0 Å². The molecule has 1 aromatic heterocycles. The molecule has 3 rings (SSSR count). The number of hydrogen-bond donors (Lipinski definition) is 3. The van der Waals surface area contributed by atoms with Gasteiger partial charge < -0.3 is 15.6 Å². The fourth-order valence-corrected chi connectivity index (χ4v) is 2.99. The van der Waals surface area contributed by atoms with Crippen molar-refractivity contribution in [2.24, 2.45) is 0 Å². The van der Waals surface area contributed by atoms with E-state index in [2.05, 4.69) is 27.4 Å². The summed E-state index contributed by atoms with van der Waals surface area (Å²) in [6.07, 6.45) is 12.3. The van der Waals surface area contributed by atoms with Crippen molar-refractivity contribution in [1.29, 1.82) is 0 Å². The molecule has 0 fully saturated rings. The van der Waals surface area contributed by atoms with E-state index in [0.717, 1.165) is 55.4 Å². The number of fused-ring (bicyclic) bond motifs is 1. The van der Waals surface area contributed by atoms with Crippen molar-refractivity contribution in [1.82, 2.24) is 15.6 Å². The molecule has 0 bridgehead atoms. The van der Waals surface area contributed by atoms with Crippen molar-refractivity contribution in [3.8, 4) is 0 Å². The minimum atomic E-state index is 0.00469. The number of unbranched alkanes of at least 4 members (excludes halogenated alkanes) is 3. The summed E-state index contributed by atoms with van der Waals surface area (Å²) in [6, 6.07) is 7.88. The summed E-state index contributed by atoms with van der Waals surface area (Å²) in [7, 11) is 0. The number of benzene rings is 1. The van der Waals surface area contributed by atoms with Crippen LogP contribution in [-0.2, 0) is 0 Å². The maximum Gasteiger partial charge on any atom is 0.253 e. The van der Waals surface area contributed by atoms with E-state index in [0.29, 0.717) is 0 Å². The highest BCUT2D eigenvalue weighted by Gasteiger charge is 2.10. The normalized spacial score (nSPS) is 12.7. The number of nitrogens with one attached hydrogen (secondary N) is 3. The van der Waals surface area contributed by atoms with Crippen molar-refractivity contribution in [3.05, 3.63) is 65.6 Å². The molecule has 1 aliphatic rings. The number of carbonyl (C=O) groups is 1. The summed E-state index contributed by atoms with van der Waals surface area (Å²) in [5.74, 6) is 0.00469. The van der Waals surface area contributed by atoms with E-state index in [9.17, 15) is 4.79 Å². The van der Waals surface area contributed by atoms with Crippen LogP contribution in [0.1, 0.15) is 36.0 Å². The van der Waals surface area contributed by atoms with Crippen LogP contribution in [0.3, 0.4) is 0 Å².